The number of hydrogen-bond donors (Lipinski definition) is 0. The van der Waals surface area contributed by atoms with Crippen molar-refractivity contribution in [2.75, 3.05) is 7.05 Å². The molecule has 2 heterocycles. The molecule has 3 unspecified atom stereocenters. The van der Waals surface area contributed by atoms with Crippen molar-refractivity contribution in [3.8, 4) is 0 Å². The van der Waals surface area contributed by atoms with Crippen LogP contribution in [0.5, 0.6) is 0 Å². The first kappa shape index (κ1) is 13.9. The number of rotatable bonds is 0. The smallest absolute Gasteiger partial charge is 0.207 e. The summed E-state index contributed by atoms with van der Waals surface area (Å²) < 4.78 is 27.6. The quantitative estimate of drug-likeness (QED) is 0.648. The first-order valence-corrected chi connectivity index (χ1v) is 9.28. The van der Waals surface area contributed by atoms with Crippen LogP contribution in [0.25, 0.3) is 0 Å². The molecule has 0 spiro atoms. The molecule has 2 aliphatic rings. The number of nitrogens with zero attached hydrogens (tertiary/aromatic N) is 1. The summed E-state index contributed by atoms with van der Waals surface area (Å²) in [6.07, 6.45) is 0. The van der Waals surface area contributed by atoms with Crippen LogP contribution in [-0.2, 0) is 10.0 Å². The third-order valence-corrected chi connectivity index (χ3v) is 8.29. The van der Waals surface area contributed by atoms with Gasteiger partial charge >= 0.3 is 0 Å². The third-order valence-electron chi connectivity index (χ3n) is 3.48. The highest BCUT2D eigenvalue weighted by Gasteiger charge is 2.46. The molecular formula is C12H11BrClNO2S2. The molecule has 0 fully saturated rings. The lowest BCUT2D eigenvalue weighted by Gasteiger charge is -2.27. The van der Waals surface area contributed by atoms with E-state index in [-0.39, 0.29) is 16.7 Å². The number of benzene rings is 1. The molecule has 19 heavy (non-hydrogen) atoms. The number of alkyl halides is 1. The van der Waals surface area contributed by atoms with Crippen LogP contribution in [-0.4, -0.2) is 31.1 Å². The van der Waals surface area contributed by atoms with Gasteiger partial charge in [-0.2, -0.15) is 4.31 Å². The second-order valence-electron chi connectivity index (χ2n) is 4.51. The van der Waals surface area contributed by atoms with Gasteiger partial charge in [0, 0.05) is 11.5 Å². The van der Waals surface area contributed by atoms with Gasteiger partial charge in [0.25, 0.3) is 0 Å². The number of fused-ring (bicyclic) bond motifs is 2. The van der Waals surface area contributed by atoms with Crippen LogP contribution in [0.2, 0.25) is 0 Å². The molecule has 3 rings (SSSR count). The molecule has 0 bridgehead atoms. The Hall–Kier alpha value is -0.0100. The summed E-state index contributed by atoms with van der Waals surface area (Å²) >= 11 is 11.6. The van der Waals surface area contributed by atoms with Gasteiger partial charge < -0.3 is 0 Å². The van der Waals surface area contributed by atoms with E-state index in [4.69, 9.17) is 11.6 Å². The molecule has 0 aromatic heterocycles. The number of thioether (sulfide) groups is 1. The molecule has 3 nitrogen and oxygen atoms in total. The van der Waals surface area contributed by atoms with Crippen molar-refractivity contribution in [2.45, 2.75) is 21.6 Å². The first-order valence-electron chi connectivity index (χ1n) is 5.66. The summed E-state index contributed by atoms with van der Waals surface area (Å²) in [5.74, 6) is 0. The predicted molar refractivity (Wildman–Crippen MR) is 82.2 cm³/mol. The maximum atomic E-state index is 12.7. The maximum Gasteiger partial charge on any atom is 0.243 e. The Kier molecular flexibility index (Phi) is 3.50. The van der Waals surface area contributed by atoms with Crippen LogP contribution in [0.15, 0.2) is 39.1 Å². The van der Waals surface area contributed by atoms with Gasteiger partial charge in [-0.15, -0.1) is 23.4 Å². The summed E-state index contributed by atoms with van der Waals surface area (Å²) in [4.78, 5) is 0.313. The van der Waals surface area contributed by atoms with Gasteiger partial charge in [-0.1, -0.05) is 34.1 Å². The van der Waals surface area contributed by atoms with Crippen LogP contribution >= 0.6 is 39.3 Å². The Morgan fingerprint density at radius 3 is 2.79 bits per heavy atom. The lowest BCUT2D eigenvalue weighted by atomic mass is 10.0. The topological polar surface area (TPSA) is 37.4 Å². The average molecular weight is 381 g/mol. The standard InChI is InChI=1S/C12H11BrClNO2S2/c1-15-11-8(13)6-18-12(11)10(14)7-4-2-3-5-9(7)19(15,16)17/h2-6,10-12H,1H3. The zero-order chi connectivity index (χ0) is 13.8. The summed E-state index contributed by atoms with van der Waals surface area (Å²) in [6.45, 7) is 0. The first-order chi connectivity index (χ1) is 8.94. The van der Waals surface area contributed by atoms with Crippen molar-refractivity contribution in [3.63, 3.8) is 0 Å². The van der Waals surface area contributed by atoms with Crippen molar-refractivity contribution < 1.29 is 8.42 Å². The van der Waals surface area contributed by atoms with E-state index in [1.54, 1.807) is 37.0 Å². The van der Waals surface area contributed by atoms with Crippen molar-refractivity contribution in [1.29, 1.82) is 0 Å². The van der Waals surface area contributed by atoms with Gasteiger partial charge in [0.15, 0.2) is 0 Å². The monoisotopic (exact) mass is 379 g/mol. The number of hydrogen-bond acceptors (Lipinski definition) is 3. The van der Waals surface area contributed by atoms with E-state index in [2.05, 4.69) is 15.9 Å². The molecule has 0 amide bonds. The lowest BCUT2D eigenvalue weighted by Crippen LogP contribution is -2.40. The Bertz CT molecular complexity index is 661. The minimum Gasteiger partial charge on any atom is -0.207 e. The molecule has 0 aliphatic carbocycles. The van der Waals surface area contributed by atoms with Gasteiger partial charge in [-0.25, -0.2) is 8.42 Å². The molecule has 1 aromatic carbocycles. The predicted octanol–water partition coefficient (Wildman–Crippen LogP) is 3.32. The zero-order valence-corrected chi connectivity index (χ0v) is 13.9. The summed E-state index contributed by atoms with van der Waals surface area (Å²) in [5.41, 5.74) is 0.687. The highest BCUT2D eigenvalue weighted by atomic mass is 79.9. The Labute approximate surface area is 130 Å². The average Bonchev–Trinajstić information content (AvgIpc) is 2.76. The second kappa shape index (κ2) is 4.77. The van der Waals surface area contributed by atoms with Crippen molar-refractivity contribution in [3.05, 3.63) is 39.7 Å². The fourth-order valence-corrected chi connectivity index (χ4v) is 7.14. The molecule has 0 saturated carbocycles. The normalized spacial score (nSPS) is 33.2. The van der Waals surface area contributed by atoms with Gasteiger partial charge in [-0.3, -0.25) is 0 Å². The molecule has 0 radical (unpaired) electrons. The van der Waals surface area contributed by atoms with Crippen molar-refractivity contribution >= 4 is 49.3 Å². The van der Waals surface area contributed by atoms with Gasteiger partial charge in [-0.05, 0) is 17.0 Å². The van der Waals surface area contributed by atoms with E-state index >= 15 is 0 Å². The van der Waals surface area contributed by atoms with Crippen LogP contribution in [0.1, 0.15) is 10.9 Å². The fraction of sp³-hybridized carbons (Fsp3) is 0.333. The van der Waals surface area contributed by atoms with E-state index in [1.807, 2.05) is 11.5 Å². The number of halogens is 2. The molecular weight excluding hydrogens is 370 g/mol. The molecule has 0 saturated heterocycles. The van der Waals surface area contributed by atoms with E-state index in [9.17, 15) is 8.42 Å². The second-order valence-corrected chi connectivity index (χ2v) is 8.91. The maximum absolute atomic E-state index is 12.7. The van der Waals surface area contributed by atoms with Crippen molar-refractivity contribution in [1.82, 2.24) is 4.31 Å². The minimum absolute atomic E-state index is 0.0144. The van der Waals surface area contributed by atoms with E-state index < -0.39 is 10.0 Å². The Morgan fingerprint density at radius 2 is 2.05 bits per heavy atom. The SMILES string of the molecule is CN1C2C(Br)=CSC2C(Cl)c2ccccc2S1(=O)=O. The van der Waals surface area contributed by atoms with E-state index in [0.717, 1.165) is 4.48 Å². The van der Waals surface area contributed by atoms with Crippen LogP contribution in [0.3, 0.4) is 0 Å². The molecule has 7 heteroatoms. The van der Waals surface area contributed by atoms with Crippen LogP contribution in [0.4, 0.5) is 0 Å². The molecule has 2 aliphatic heterocycles. The summed E-state index contributed by atoms with van der Waals surface area (Å²) in [7, 11) is -1.90. The zero-order valence-electron chi connectivity index (χ0n) is 9.95. The lowest BCUT2D eigenvalue weighted by molar-refractivity contribution is 0.413. The largest absolute Gasteiger partial charge is 0.243 e. The summed E-state index contributed by atoms with van der Waals surface area (Å²) in [5, 5.41) is 1.58. The number of sulfonamides is 1. The molecule has 0 N–H and O–H groups in total. The highest BCUT2D eigenvalue weighted by molar-refractivity contribution is 9.11. The van der Waals surface area contributed by atoms with E-state index in [1.165, 1.54) is 4.31 Å². The van der Waals surface area contributed by atoms with Crippen LogP contribution < -0.4 is 0 Å². The Morgan fingerprint density at radius 1 is 1.37 bits per heavy atom. The van der Waals surface area contributed by atoms with Gasteiger partial charge in [0.05, 0.1) is 21.6 Å². The van der Waals surface area contributed by atoms with Gasteiger partial charge in [0.2, 0.25) is 10.0 Å². The Balaban J connectivity index is 2.26. The molecule has 1 aromatic rings. The van der Waals surface area contributed by atoms with Crippen LogP contribution in [0, 0.1) is 0 Å². The third kappa shape index (κ3) is 2.00. The minimum atomic E-state index is -3.51. The highest BCUT2D eigenvalue weighted by Crippen LogP contribution is 2.50. The fourth-order valence-electron chi connectivity index (χ4n) is 2.48. The summed E-state index contributed by atoms with van der Waals surface area (Å²) in [6, 6.07) is 6.73. The van der Waals surface area contributed by atoms with E-state index in [0.29, 0.717) is 10.5 Å². The van der Waals surface area contributed by atoms with Crippen molar-refractivity contribution in [2.24, 2.45) is 0 Å². The molecule has 3 atom stereocenters. The molecule has 102 valence electrons. The van der Waals surface area contributed by atoms with Gasteiger partial charge in [0.1, 0.15) is 0 Å². The number of likely N-dealkylation sites (N-methyl/N-ethyl adjacent to an activating group) is 1.